The Kier molecular flexibility index (Phi) is 5.56. The van der Waals surface area contributed by atoms with E-state index in [1.807, 2.05) is 11.9 Å². The van der Waals surface area contributed by atoms with Crippen molar-refractivity contribution >= 4 is 17.6 Å². The number of nitrogens with zero attached hydrogens (tertiary/aromatic N) is 1. The smallest absolute Gasteiger partial charge is 0.306 e. The molecule has 100 valence electrons. The van der Waals surface area contributed by atoms with E-state index >= 15 is 0 Å². The summed E-state index contributed by atoms with van der Waals surface area (Å²) >= 11 is 6.05. The van der Waals surface area contributed by atoms with E-state index in [4.69, 9.17) is 11.6 Å². The van der Waals surface area contributed by atoms with Gasteiger partial charge in [0.05, 0.1) is 13.5 Å². The monoisotopic (exact) mass is 273 g/mol. The van der Waals surface area contributed by atoms with Crippen LogP contribution in [0.3, 0.4) is 0 Å². The molecule has 1 aromatic carbocycles. The topological polar surface area (TPSA) is 29.5 Å². The SMILES string of the molecule is COC(=O)CCN(C)Cc1cc(F)c(C)cc1Cl. The maximum Gasteiger partial charge on any atom is 0.306 e. The van der Waals surface area contributed by atoms with Crippen molar-refractivity contribution in [3.8, 4) is 0 Å². The summed E-state index contributed by atoms with van der Waals surface area (Å²) in [6, 6.07) is 3.05. The van der Waals surface area contributed by atoms with E-state index in [0.29, 0.717) is 35.7 Å². The summed E-state index contributed by atoms with van der Waals surface area (Å²) in [5, 5.41) is 0.541. The summed E-state index contributed by atoms with van der Waals surface area (Å²) in [6.07, 6.45) is 0.305. The number of carbonyl (C=O) groups is 1. The van der Waals surface area contributed by atoms with Crippen LogP contribution in [0.4, 0.5) is 4.39 Å². The first-order valence-electron chi connectivity index (χ1n) is 5.64. The molecule has 0 atom stereocenters. The molecule has 3 nitrogen and oxygen atoms in total. The van der Waals surface area contributed by atoms with E-state index in [-0.39, 0.29) is 11.8 Å². The van der Waals surface area contributed by atoms with Gasteiger partial charge in [0.2, 0.25) is 0 Å². The van der Waals surface area contributed by atoms with Crippen LogP contribution in [0.5, 0.6) is 0 Å². The number of ether oxygens (including phenoxy) is 1. The summed E-state index contributed by atoms with van der Waals surface area (Å²) in [6.45, 7) is 2.71. The molecule has 0 amide bonds. The average molecular weight is 274 g/mol. The molecular formula is C13H17ClFNO2. The average Bonchev–Trinajstić information content (AvgIpc) is 2.33. The Morgan fingerprint density at radius 3 is 2.78 bits per heavy atom. The van der Waals surface area contributed by atoms with E-state index in [2.05, 4.69) is 4.74 Å². The zero-order valence-corrected chi connectivity index (χ0v) is 11.6. The van der Waals surface area contributed by atoms with Gasteiger partial charge in [0.1, 0.15) is 5.82 Å². The van der Waals surface area contributed by atoms with Crippen molar-refractivity contribution in [1.82, 2.24) is 4.90 Å². The zero-order chi connectivity index (χ0) is 13.7. The first-order valence-corrected chi connectivity index (χ1v) is 6.01. The third-order valence-corrected chi connectivity index (χ3v) is 3.05. The van der Waals surface area contributed by atoms with Crippen LogP contribution < -0.4 is 0 Å². The van der Waals surface area contributed by atoms with Gasteiger partial charge >= 0.3 is 5.97 Å². The van der Waals surface area contributed by atoms with Gasteiger partial charge in [-0.25, -0.2) is 4.39 Å². The first-order chi connectivity index (χ1) is 8.43. The zero-order valence-electron chi connectivity index (χ0n) is 10.8. The van der Waals surface area contributed by atoms with Crippen LogP contribution >= 0.6 is 11.6 Å². The predicted octanol–water partition coefficient (Wildman–Crippen LogP) is 2.78. The fraction of sp³-hybridized carbons (Fsp3) is 0.462. The van der Waals surface area contributed by atoms with Gasteiger partial charge in [-0.3, -0.25) is 4.79 Å². The van der Waals surface area contributed by atoms with E-state index in [0.717, 1.165) is 0 Å². The molecule has 0 aliphatic rings. The normalized spacial score (nSPS) is 10.8. The van der Waals surface area contributed by atoms with Gasteiger partial charge in [-0.2, -0.15) is 0 Å². The van der Waals surface area contributed by atoms with E-state index in [9.17, 15) is 9.18 Å². The summed E-state index contributed by atoms with van der Waals surface area (Å²) in [4.78, 5) is 12.9. The van der Waals surface area contributed by atoms with Crippen LogP contribution in [0, 0.1) is 12.7 Å². The number of hydrogen-bond acceptors (Lipinski definition) is 3. The molecule has 5 heteroatoms. The maximum absolute atomic E-state index is 13.4. The lowest BCUT2D eigenvalue weighted by molar-refractivity contribution is -0.140. The highest BCUT2D eigenvalue weighted by Crippen LogP contribution is 2.21. The molecule has 0 spiro atoms. The van der Waals surface area contributed by atoms with E-state index in [1.165, 1.54) is 13.2 Å². The highest BCUT2D eigenvalue weighted by molar-refractivity contribution is 6.31. The van der Waals surface area contributed by atoms with Crippen LogP contribution in [-0.2, 0) is 16.1 Å². The Bertz CT molecular complexity index is 437. The van der Waals surface area contributed by atoms with Gasteiger partial charge in [-0.05, 0) is 37.2 Å². The van der Waals surface area contributed by atoms with Crippen LogP contribution in [0.1, 0.15) is 17.5 Å². The highest BCUT2D eigenvalue weighted by Gasteiger charge is 2.09. The second-order valence-corrected chi connectivity index (χ2v) is 4.66. The third kappa shape index (κ3) is 4.27. The molecule has 0 fully saturated rings. The number of carbonyl (C=O) groups excluding carboxylic acids is 1. The maximum atomic E-state index is 13.4. The molecule has 0 N–H and O–H groups in total. The van der Waals surface area contributed by atoms with Crippen molar-refractivity contribution in [3.63, 3.8) is 0 Å². The molecule has 0 saturated heterocycles. The molecule has 0 aliphatic heterocycles. The van der Waals surface area contributed by atoms with Crippen molar-refractivity contribution in [2.75, 3.05) is 20.7 Å². The molecule has 0 aromatic heterocycles. The summed E-state index contributed by atoms with van der Waals surface area (Å²) in [7, 11) is 3.20. The lowest BCUT2D eigenvalue weighted by atomic mass is 10.1. The van der Waals surface area contributed by atoms with Crippen molar-refractivity contribution < 1.29 is 13.9 Å². The second-order valence-electron chi connectivity index (χ2n) is 4.26. The fourth-order valence-electron chi connectivity index (χ4n) is 1.56. The predicted molar refractivity (Wildman–Crippen MR) is 69.1 cm³/mol. The Labute approximate surface area is 111 Å². The molecule has 18 heavy (non-hydrogen) atoms. The first kappa shape index (κ1) is 14.9. The minimum Gasteiger partial charge on any atom is -0.469 e. The van der Waals surface area contributed by atoms with Crippen LogP contribution in [-0.4, -0.2) is 31.6 Å². The Morgan fingerprint density at radius 2 is 2.17 bits per heavy atom. The van der Waals surface area contributed by atoms with Gasteiger partial charge in [0.15, 0.2) is 0 Å². The lowest BCUT2D eigenvalue weighted by Gasteiger charge is -2.17. The van der Waals surface area contributed by atoms with Crippen LogP contribution in [0.15, 0.2) is 12.1 Å². The molecule has 0 unspecified atom stereocenters. The number of hydrogen-bond donors (Lipinski definition) is 0. The highest BCUT2D eigenvalue weighted by atomic mass is 35.5. The molecular weight excluding hydrogens is 257 g/mol. The van der Waals surface area contributed by atoms with Crippen molar-refractivity contribution in [2.24, 2.45) is 0 Å². The van der Waals surface area contributed by atoms with E-state index < -0.39 is 0 Å². The second kappa shape index (κ2) is 6.71. The number of rotatable bonds is 5. The van der Waals surface area contributed by atoms with Crippen molar-refractivity contribution in [1.29, 1.82) is 0 Å². The largest absolute Gasteiger partial charge is 0.469 e. The lowest BCUT2D eigenvalue weighted by Crippen LogP contribution is -2.22. The molecule has 0 bridgehead atoms. The summed E-state index contributed by atoms with van der Waals surface area (Å²) in [5.41, 5.74) is 1.24. The van der Waals surface area contributed by atoms with Crippen LogP contribution in [0.2, 0.25) is 5.02 Å². The number of esters is 1. The molecule has 0 saturated carbocycles. The van der Waals surface area contributed by atoms with E-state index in [1.54, 1.807) is 13.0 Å². The van der Waals surface area contributed by atoms with Gasteiger partial charge in [-0.1, -0.05) is 11.6 Å². The van der Waals surface area contributed by atoms with Gasteiger partial charge in [-0.15, -0.1) is 0 Å². The molecule has 0 radical (unpaired) electrons. The van der Waals surface area contributed by atoms with Gasteiger partial charge in [0.25, 0.3) is 0 Å². The Morgan fingerprint density at radius 1 is 1.50 bits per heavy atom. The fourth-order valence-corrected chi connectivity index (χ4v) is 1.84. The minimum absolute atomic E-state index is 0.261. The third-order valence-electron chi connectivity index (χ3n) is 2.69. The number of benzene rings is 1. The summed E-state index contributed by atoms with van der Waals surface area (Å²) in [5.74, 6) is -0.529. The number of methoxy groups -OCH3 is 1. The number of halogens is 2. The molecule has 1 rings (SSSR count). The minimum atomic E-state index is -0.268. The van der Waals surface area contributed by atoms with Crippen molar-refractivity contribution in [3.05, 3.63) is 34.1 Å². The molecule has 1 aromatic rings. The Hall–Kier alpha value is -1.13. The quantitative estimate of drug-likeness (QED) is 0.773. The molecule has 0 heterocycles. The Balaban J connectivity index is 2.61. The summed E-state index contributed by atoms with van der Waals surface area (Å²) < 4.78 is 18.0. The van der Waals surface area contributed by atoms with Crippen molar-refractivity contribution in [2.45, 2.75) is 19.9 Å². The number of aryl methyl sites for hydroxylation is 1. The van der Waals surface area contributed by atoms with Gasteiger partial charge < -0.3 is 9.64 Å². The molecule has 0 aliphatic carbocycles. The van der Waals surface area contributed by atoms with Gasteiger partial charge in [0, 0.05) is 18.1 Å². The van der Waals surface area contributed by atoms with Crippen LogP contribution in [0.25, 0.3) is 0 Å². The standard InChI is InChI=1S/C13H17ClFNO2/c1-9-6-11(14)10(7-12(9)15)8-16(2)5-4-13(17)18-3/h6-7H,4-5,8H2,1-3H3.